The summed E-state index contributed by atoms with van der Waals surface area (Å²) in [6.45, 7) is 9.06. The van der Waals surface area contributed by atoms with Crippen molar-refractivity contribution in [2.75, 3.05) is 0 Å². The number of rotatable bonds is 8. The second-order valence-electron chi connectivity index (χ2n) is 15.1. The molecule has 2 aliphatic carbocycles. The van der Waals surface area contributed by atoms with Gasteiger partial charge in [0.1, 0.15) is 0 Å². The summed E-state index contributed by atoms with van der Waals surface area (Å²) in [6, 6.07) is 44.7. The molecule has 2 aliphatic rings. The van der Waals surface area contributed by atoms with Crippen molar-refractivity contribution in [2.24, 2.45) is 10.8 Å². The number of halogens is 2. The zero-order valence-electron chi connectivity index (χ0n) is 31.8. The van der Waals surface area contributed by atoms with Crippen LogP contribution in [-0.2, 0) is 33.7 Å². The Labute approximate surface area is 335 Å². The van der Waals surface area contributed by atoms with E-state index in [1.165, 1.54) is 132 Å². The van der Waals surface area contributed by atoms with Gasteiger partial charge < -0.3 is 0 Å². The molecule has 2 radical (unpaired) electrons. The third kappa shape index (κ3) is 10.5. The monoisotopic (exact) mass is 820 g/mol. The van der Waals surface area contributed by atoms with Gasteiger partial charge >= 0.3 is 37.9 Å². The molecule has 4 heteroatoms. The summed E-state index contributed by atoms with van der Waals surface area (Å²) in [6.07, 6.45) is 16.5. The first-order valence-electron chi connectivity index (χ1n) is 19.4. The summed E-state index contributed by atoms with van der Waals surface area (Å²) in [5.74, 6) is 0. The van der Waals surface area contributed by atoms with Crippen LogP contribution in [0.2, 0.25) is 13.1 Å². The molecule has 0 spiro atoms. The van der Waals surface area contributed by atoms with E-state index in [1.807, 2.05) is 0 Å². The van der Waals surface area contributed by atoms with Gasteiger partial charge in [0, 0.05) is 9.52 Å². The fourth-order valence-corrected chi connectivity index (χ4v) is 8.96. The molecule has 6 aromatic carbocycles. The van der Waals surface area contributed by atoms with Crippen molar-refractivity contribution in [2.45, 2.75) is 104 Å². The molecule has 0 aromatic heterocycles. The van der Waals surface area contributed by atoms with E-state index in [0.29, 0.717) is 10.8 Å². The molecule has 0 atom stereocenters. The molecule has 6 aromatic rings. The van der Waals surface area contributed by atoms with E-state index >= 15 is 0 Å². The van der Waals surface area contributed by atoms with Gasteiger partial charge in [0.2, 0.25) is 0 Å². The van der Waals surface area contributed by atoms with Crippen molar-refractivity contribution in [1.82, 2.24) is 0 Å². The first-order valence-corrected chi connectivity index (χ1v) is 27.8. The van der Waals surface area contributed by atoms with E-state index < -0.39 is 20.8 Å². The minimum atomic E-state index is -0.826. The Morgan fingerprint density at radius 2 is 0.904 bits per heavy atom. The van der Waals surface area contributed by atoms with Crippen LogP contribution < -0.4 is 0 Å². The first-order chi connectivity index (χ1) is 25.4. The van der Waals surface area contributed by atoms with Gasteiger partial charge in [0.05, 0.1) is 0 Å². The molecular formula is C48H56Cl2SiZr. The summed E-state index contributed by atoms with van der Waals surface area (Å²) >= 11 is -0.826. The SMILES string of the molecule is CCC1(Cc2cc3c(-c4ccccc4)cccc3[cH-]2)CCCC1.CCC1(Cc2cc3c(-c4ccccc4)cccc3[cH-]2)CCCC1.C[Si]C.[Cl][Zr+2][Cl]. The average molecular weight is 823 g/mol. The van der Waals surface area contributed by atoms with Crippen molar-refractivity contribution < 1.29 is 20.8 Å². The molecule has 0 amide bonds. The molecule has 0 heterocycles. The molecule has 0 unspecified atom stereocenters. The third-order valence-electron chi connectivity index (χ3n) is 11.8. The van der Waals surface area contributed by atoms with Gasteiger partial charge in [-0.3, -0.25) is 0 Å². The van der Waals surface area contributed by atoms with E-state index in [2.05, 4.69) is 148 Å². The maximum atomic E-state index is 4.93. The molecule has 0 N–H and O–H groups in total. The van der Waals surface area contributed by atoms with Crippen molar-refractivity contribution in [3.8, 4) is 22.3 Å². The molecule has 52 heavy (non-hydrogen) atoms. The fraction of sp³-hybridized carbons (Fsp3) is 0.375. The number of hydrogen-bond acceptors (Lipinski definition) is 0. The van der Waals surface area contributed by atoms with Gasteiger partial charge in [0.15, 0.2) is 0 Å². The molecule has 0 bridgehead atoms. The maximum absolute atomic E-state index is 4.93. The van der Waals surface area contributed by atoms with E-state index in [1.54, 1.807) is 0 Å². The summed E-state index contributed by atoms with van der Waals surface area (Å²) in [5, 5.41) is 5.62. The summed E-state index contributed by atoms with van der Waals surface area (Å²) in [4.78, 5) is 0. The normalized spacial score (nSPS) is 15.5. The number of fused-ring (bicyclic) bond motifs is 2. The summed E-state index contributed by atoms with van der Waals surface area (Å²) in [7, 11) is 11.0. The van der Waals surface area contributed by atoms with Crippen molar-refractivity contribution in [3.63, 3.8) is 0 Å². The second kappa shape index (κ2) is 20.5. The molecule has 2 saturated carbocycles. The van der Waals surface area contributed by atoms with Gasteiger partial charge in [0.25, 0.3) is 0 Å². The third-order valence-corrected chi connectivity index (χ3v) is 11.8. The van der Waals surface area contributed by atoms with Gasteiger partial charge in [-0.2, -0.15) is 12.1 Å². The van der Waals surface area contributed by atoms with Crippen molar-refractivity contribution in [1.29, 1.82) is 0 Å². The van der Waals surface area contributed by atoms with E-state index in [0.717, 1.165) is 9.52 Å². The van der Waals surface area contributed by atoms with Crippen LogP contribution in [-0.4, -0.2) is 9.52 Å². The average Bonchev–Trinajstić information content (AvgIpc) is 4.00. The summed E-state index contributed by atoms with van der Waals surface area (Å²) in [5.41, 5.74) is 9.58. The predicted molar refractivity (Wildman–Crippen MR) is 229 cm³/mol. The second-order valence-corrected chi connectivity index (χ2v) is 19.9. The summed E-state index contributed by atoms with van der Waals surface area (Å²) < 4.78 is 0. The van der Waals surface area contributed by atoms with Crippen LogP contribution in [0.3, 0.4) is 0 Å². The van der Waals surface area contributed by atoms with E-state index in [9.17, 15) is 0 Å². The quantitative estimate of drug-likeness (QED) is 0.106. The Morgan fingerprint density at radius 1 is 0.558 bits per heavy atom. The van der Waals surface area contributed by atoms with Gasteiger partial charge in [-0.15, -0.1) is 69.1 Å². The van der Waals surface area contributed by atoms with Gasteiger partial charge in [-0.1, -0.05) is 149 Å². The minimum absolute atomic E-state index is 0.567. The zero-order chi connectivity index (χ0) is 36.8. The first kappa shape index (κ1) is 41.0. The Morgan fingerprint density at radius 3 is 1.23 bits per heavy atom. The van der Waals surface area contributed by atoms with Crippen LogP contribution in [0.1, 0.15) is 89.2 Å². The molecule has 0 nitrogen and oxygen atoms in total. The van der Waals surface area contributed by atoms with Crippen molar-refractivity contribution in [3.05, 3.63) is 132 Å². The molecular weight excluding hydrogens is 767 g/mol. The van der Waals surface area contributed by atoms with Crippen LogP contribution in [0.5, 0.6) is 0 Å². The topological polar surface area (TPSA) is 0 Å². The molecule has 0 aliphatic heterocycles. The van der Waals surface area contributed by atoms with Gasteiger partial charge in [-0.25, -0.2) is 0 Å². The Hall–Kier alpha value is -2.22. The Balaban J connectivity index is 0.000000175. The van der Waals surface area contributed by atoms with Crippen LogP contribution in [0.25, 0.3) is 43.8 Å². The van der Waals surface area contributed by atoms with Gasteiger partial charge in [-0.05, 0) is 60.5 Å². The van der Waals surface area contributed by atoms with Crippen LogP contribution in [0.15, 0.2) is 121 Å². The fourth-order valence-electron chi connectivity index (χ4n) is 8.96. The van der Waals surface area contributed by atoms with E-state index in [4.69, 9.17) is 17.0 Å². The predicted octanol–water partition coefficient (Wildman–Crippen LogP) is 15.6. The number of hydrogen-bond donors (Lipinski definition) is 0. The Bertz CT molecular complexity index is 1770. The molecule has 8 rings (SSSR count). The molecule has 270 valence electrons. The standard InChI is InChI=1S/2C23H25.C2H6Si.2ClH.Zr/c2*1-2-23(13-6-7-14-23)17-18-15-20-11-8-12-21(22(20)16-18)19-9-4-3-5-10-19;1-3-2;;;/h2*3-5,8-12,15-16H,2,6-7,13-14,17H2,1H3;1-2H3;2*1H;/q2*-1;;;;+4/p-2. The molecule has 0 saturated heterocycles. The number of benzene rings is 4. The zero-order valence-corrected chi connectivity index (χ0v) is 36.8. The molecule has 2 fully saturated rings. The van der Waals surface area contributed by atoms with E-state index in [-0.39, 0.29) is 0 Å². The van der Waals surface area contributed by atoms with Crippen LogP contribution in [0, 0.1) is 10.8 Å². The Kier molecular flexibility index (Phi) is 16.1. The van der Waals surface area contributed by atoms with Crippen molar-refractivity contribution >= 4 is 48.1 Å². The van der Waals surface area contributed by atoms with Crippen LogP contribution >= 0.6 is 17.0 Å². The van der Waals surface area contributed by atoms with Crippen LogP contribution in [0.4, 0.5) is 0 Å².